The van der Waals surface area contributed by atoms with Crippen LogP contribution in [0.15, 0.2) is 30.3 Å². The maximum Gasteiger partial charge on any atom is 0.201 e. The van der Waals surface area contributed by atoms with Crippen molar-refractivity contribution in [3.8, 4) is 11.5 Å². The molecule has 0 saturated carbocycles. The van der Waals surface area contributed by atoms with Crippen LogP contribution in [-0.4, -0.2) is 78.7 Å². The van der Waals surface area contributed by atoms with Gasteiger partial charge in [-0.3, -0.25) is 4.79 Å². The number of fused-ring (bicyclic) bond motifs is 2. The molecule has 30 heavy (non-hydrogen) atoms. The summed E-state index contributed by atoms with van der Waals surface area (Å²) in [6.07, 6.45) is -7.22. The van der Waals surface area contributed by atoms with Gasteiger partial charge in [0, 0.05) is 5.92 Å². The maximum absolute atomic E-state index is 13.1. The number of rotatable bonds is 3. The zero-order valence-electron chi connectivity index (χ0n) is 15.7. The molecule has 9 heteroatoms. The molecular weight excluding hydrogens is 396 g/mol. The highest BCUT2D eigenvalue weighted by Gasteiger charge is 2.50. The lowest BCUT2D eigenvalue weighted by atomic mass is 9.71. The van der Waals surface area contributed by atoms with E-state index in [-0.39, 0.29) is 28.0 Å². The minimum Gasteiger partial charge on any atom is -0.507 e. The molecule has 0 amide bonds. The third-order valence-electron chi connectivity index (χ3n) is 5.85. The molecule has 6 atom stereocenters. The predicted octanol–water partition coefficient (Wildman–Crippen LogP) is -0.891. The molecule has 0 spiro atoms. The van der Waals surface area contributed by atoms with Crippen molar-refractivity contribution in [3.05, 3.63) is 58.1 Å². The highest BCUT2D eigenvalue weighted by molar-refractivity contribution is 6.16. The number of hydrogen-bond acceptors (Lipinski definition) is 9. The minimum atomic E-state index is -1.64. The first kappa shape index (κ1) is 20.7. The van der Waals surface area contributed by atoms with E-state index in [2.05, 4.69) is 0 Å². The Bertz CT molecular complexity index is 987. The Morgan fingerprint density at radius 1 is 0.867 bits per heavy atom. The van der Waals surface area contributed by atoms with Crippen molar-refractivity contribution in [2.45, 2.75) is 43.0 Å². The van der Waals surface area contributed by atoms with E-state index in [1.807, 2.05) is 0 Å². The molecular formula is C21H22O9. The quantitative estimate of drug-likeness (QED) is 0.334. The van der Waals surface area contributed by atoms with Crippen LogP contribution in [0.4, 0.5) is 0 Å². The Labute approximate surface area is 171 Å². The average molecular weight is 418 g/mol. The number of aliphatic hydroxyl groups is 5. The standard InChI is InChI=1S/C21H22O9/c22-6-8-4-10-14(21-20(29)19(28)17(26)13(7-23)30-21)9-2-1-3-11(24)15(9)18(27)16(10)12(25)5-8/h1-5,13-14,17,19-26,28-29H,6-7H2/t13-,14-,17-,19-,20-,21+/m1/s1. The van der Waals surface area contributed by atoms with Crippen LogP contribution >= 0.6 is 0 Å². The van der Waals surface area contributed by atoms with Gasteiger partial charge >= 0.3 is 0 Å². The lowest BCUT2D eigenvalue weighted by Crippen LogP contribution is -2.60. The van der Waals surface area contributed by atoms with Crippen LogP contribution in [0.25, 0.3) is 0 Å². The lowest BCUT2D eigenvalue weighted by Gasteiger charge is -2.45. The third-order valence-corrected chi connectivity index (χ3v) is 5.85. The van der Waals surface area contributed by atoms with Gasteiger partial charge in [-0.05, 0) is 28.8 Å². The molecule has 0 radical (unpaired) electrons. The first-order valence-corrected chi connectivity index (χ1v) is 9.43. The van der Waals surface area contributed by atoms with E-state index in [4.69, 9.17) is 4.74 Å². The van der Waals surface area contributed by atoms with Crippen LogP contribution in [0.3, 0.4) is 0 Å². The molecule has 0 bridgehead atoms. The zero-order valence-corrected chi connectivity index (χ0v) is 15.7. The fraction of sp³-hybridized carbons (Fsp3) is 0.381. The van der Waals surface area contributed by atoms with Crippen LogP contribution in [0, 0.1) is 0 Å². The molecule has 7 N–H and O–H groups in total. The molecule has 1 aliphatic carbocycles. The van der Waals surface area contributed by atoms with Crippen LogP contribution in [0.5, 0.6) is 11.5 Å². The molecule has 2 aromatic rings. The van der Waals surface area contributed by atoms with Crippen molar-refractivity contribution >= 4 is 5.78 Å². The van der Waals surface area contributed by atoms with E-state index in [0.29, 0.717) is 5.56 Å². The number of phenolic OH excluding ortho intramolecular Hbond substituents is 2. The molecule has 160 valence electrons. The van der Waals surface area contributed by atoms with Gasteiger partial charge in [-0.1, -0.05) is 18.2 Å². The van der Waals surface area contributed by atoms with Gasteiger partial charge in [0.25, 0.3) is 0 Å². The van der Waals surface area contributed by atoms with Gasteiger partial charge < -0.3 is 40.5 Å². The first-order chi connectivity index (χ1) is 14.3. The fourth-order valence-corrected chi connectivity index (χ4v) is 4.41. The van der Waals surface area contributed by atoms with Gasteiger partial charge in [0.05, 0.1) is 30.4 Å². The summed E-state index contributed by atoms with van der Waals surface area (Å²) in [5, 5.41) is 71.0. The highest BCUT2D eigenvalue weighted by Crippen LogP contribution is 2.47. The van der Waals surface area contributed by atoms with Gasteiger partial charge in [-0.2, -0.15) is 0 Å². The van der Waals surface area contributed by atoms with Crippen LogP contribution in [-0.2, 0) is 11.3 Å². The van der Waals surface area contributed by atoms with Gasteiger partial charge in [0.15, 0.2) is 0 Å². The molecule has 2 aliphatic rings. The summed E-state index contributed by atoms with van der Waals surface area (Å²) in [4.78, 5) is 13.1. The Balaban J connectivity index is 1.96. The zero-order chi connectivity index (χ0) is 21.7. The predicted molar refractivity (Wildman–Crippen MR) is 101 cm³/mol. The summed E-state index contributed by atoms with van der Waals surface area (Å²) in [6, 6.07) is 7.06. The van der Waals surface area contributed by atoms with Crippen molar-refractivity contribution in [1.82, 2.24) is 0 Å². The van der Waals surface area contributed by atoms with E-state index >= 15 is 0 Å². The SMILES string of the molecule is O=C1c2c(O)cccc2[C@@H]([C@@H]2O[C@H](CO)[C@@H](O)[C@@H](O)[C@H]2O)c2cc(CO)cc(O)c21. The number of phenols is 2. The van der Waals surface area contributed by atoms with E-state index in [0.717, 1.165) is 0 Å². The Hall–Kier alpha value is -2.53. The second kappa shape index (κ2) is 7.62. The number of carbonyl (C=O) groups is 1. The normalized spacial score (nSPS) is 30.6. The summed E-state index contributed by atoms with van der Waals surface area (Å²) in [7, 11) is 0. The number of ketones is 1. The summed E-state index contributed by atoms with van der Waals surface area (Å²) < 4.78 is 5.73. The number of aromatic hydroxyl groups is 2. The molecule has 0 aromatic heterocycles. The summed E-state index contributed by atoms with van der Waals surface area (Å²) in [6.45, 7) is -1.06. The minimum absolute atomic E-state index is 0.0843. The average Bonchev–Trinajstić information content (AvgIpc) is 2.73. The molecule has 0 unspecified atom stereocenters. The molecule has 1 saturated heterocycles. The monoisotopic (exact) mass is 418 g/mol. The molecule has 1 aliphatic heterocycles. The largest absolute Gasteiger partial charge is 0.507 e. The second-order valence-corrected chi connectivity index (χ2v) is 7.58. The molecule has 1 fully saturated rings. The summed E-state index contributed by atoms with van der Waals surface area (Å²) in [5.74, 6) is -2.34. The van der Waals surface area contributed by atoms with E-state index in [1.54, 1.807) is 6.07 Å². The van der Waals surface area contributed by atoms with E-state index in [1.165, 1.54) is 24.3 Å². The Morgan fingerprint density at radius 3 is 2.23 bits per heavy atom. The first-order valence-electron chi connectivity index (χ1n) is 9.43. The topological polar surface area (TPSA) is 168 Å². The fourth-order valence-electron chi connectivity index (χ4n) is 4.41. The van der Waals surface area contributed by atoms with Gasteiger partial charge in [-0.15, -0.1) is 0 Å². The van der Waals surface area contributed by atoms with Gasteiger partial charge in [-0.25, -0.2) is 0 Å². The Kier molecular flexibility index (Phi) is 5.27. The molecule has 2 aromatic carbocycles. The molecule has 4 rings (SSSR count). The summed E-state index contributed by atoms with van der Waals surface area (Å²) >= 11 is 0. The second-order valence-electron chi connectivity index (χ2n) is 7.58. The van der Waals surface area contributed by atoms with Crippen molar-refractivity contribution in [2.24, 2.45) is 0 Å². The maximum atomic E-state index is 13.1. The number of benzene rings is 2. The molecule has 9 nitrogen and oxygen atoms in total. The van der Waals surface area contributed by atoms with Gasteiger partial charge in [0.1, 0.15) is 35.9 Å². The summed E-state index contributed by atoms with van der Waals surface area (Å²) in [5.41, 5.74) is 0.609. The van der Waals surface area contributed by atoms with Crippen LogP contribution < -0.4 is 0 Å². The Morgan fingerprint density at radius 2 is 1.57 bits per heavy atom. The van der Waals surface area contributed by atoms with Crippen molar-refractivity contribution < 1.29 is 45.3 Å². The van der Waals surface area contributed by atoms with Crippen LogP contribution in [0.1, 0.15) is 38.5 Å². The molecule has 1 heterocycles. The number of hydrogen-bond donors (Lipinski definition) is 7. The smallest absolute Gasteiger partial charge is 0.201 e. The van der Waals surface area contributed by atoms with Crippen molar-refractivity contribution in [2.75, 3.05) is 6.61 Å². The highest BCUT2D eigenvalue weighted by atomic mass is 16.5. The number of carbonyl (C=O) groups excluding carboxylic acids is 1. The number of aliphatic hydroxyl groups excluding tert-OH is 5. The lowest BCUT2D eigenvalue weighted by molar-refractivity contribution is -0.232. The third kappa shape index (κ3) is 2.99. The van der Waals surface area contributed by atoms with Crippen molar-refractivity contribution in [3.63, 3.8) is 0 Å². The van der Waals surface area contributed by atoms with E-state index < -0.39 is 61.2 Å². The van der Waals surface area contributed by atoms with Gasteiger partial charge in [0.2, 0.25) is 5.78 Å². The van der Waals surface area contributed by atoms with Crippen molar-refractivity contribution in [1.29, 1.82) is 0 Å². The van der Waals surface area contributed by atoms with E-state index in [9.17, 15) is 40.5 Å². The number of ether oxygens (including phenoxy) is 1. The van der Waals surface area contributed by atoms with Crippen LogP contribution in [0.2, 0.25) is 0 Å².